The van der Waals surface area contributed by atoms with Crippen molar-refractivity contribution < 1.29 is 14.5 Å². The van der Waals surface area contributed by atoms with Crippen molar-refractivity contribution >= 4 is 17.8 Å². The zero-order valence-corrected chi connectivity index (χ0v) is 14.6. The minimum Gasteiger partial charge on any atom is -0.484 e. The molecule has 7 heteroatoms. The number of rotatable bonds is 9. The second-order valence-electron chi connectivity index (χ2n) is 5.68. The van der Waals surface area contributed by atoms with Crippen LogP contribution >= 0.6 is 0 Å². The number of nitrogens with zero attached hydrogens (tertiary/aromatic N) is 2. The first-order valence-electron chi connectivity index (χ1n) is 8.36. The Hall–Kier alpha value is -3.22. The lowest BCUT2D eigenvalue weighted by atomic mass is 10.1. The number of nitro groups is 1. The number of ether oxygens (including phenoxy) is 1. The smallest absolute Gasteiger partial charge is 0.277 e. The van der Waals surface area contributed by atoms with Crippen molar-refractivity contribution in [2.24, 2.45) is 5.10 Å². The number of carbonyl (C=O) groups is 1. The van der Waals surface area contributed by atoms with E-state index < -0.39 is 10.8 Å². The Balaban J connectivity index is 1.75. The third-order valence-corrected chi connectivity index (χ3v) is 3.62. The van der Waals surface area contributed by atoms with Crippen LogP contribution in [-0.4, -0.2) is 23.7 Å². The van der Waals surface area contributed by atoms with Crippen LogP contribution in [0.1, 0.15) is 30.9 Å². The number of hydrogen-bond acceptors (Lipinski definition) is 5. The Morgan fingerprint density at radius 3 is 2.50 bits per heavy atom. The number of carbonyl (C=O) groups excluding carboxylic acids is 1. The Labute approximate surface area is 151 Å². The van der Waals surface area contributed by atoms with Crippen LogP contribution < -0.4 is 10.2 Å². The molecule has 0 aliphatic carbocycles. The molecule has 7 nitrogen and oxygen atoms in total. The maximum Gasteiger partial charge on any atom is 0.277 e. The Morgan fingerprint density at radius 2 is 1.88 bits per heavy atom. The summed E-state index contributed by atoms with van der Waals surface area (Å²) >= 11 is 0. The molecule has 0 heterocycles. The highest BCUT2D eigenvalue weighted by Crippen LogP contribution is 2.14. The lowest BCUT2D eigenvalue weighted by Gasteiger charge is -2.06. The van der Waals surface area contributed by atoms with Crippen molar-refractivity contribution in [2.75, 3.05) is 6.61 Å². The van der Waals surface area contributed by atoms with Gasteiger partial charge >= 0.3 is 0 Å². The quantitative estimate of drug-likeness (QED) is 0.423. The summed E-state index contributed by atoms with van der Waals surface area (Å²) in [6, 6.07) is 13.5. The number of amides is 1. The first kappa shape index (κ1) is 19.1. The van der Waals surface area contributed by atoms with Crippen LogP contribution in [-0.2, 0) is 11.2 Å². The van der Waals surface area contributed by atoms with Gasteiger partial charge in [-0.3, -0.25) is 14.9 Å². The maximum atomic E-state index is 11.7. The summed E-state index contributed by atoms with van der Waals surface area (Å²) in [5.41, 5.74) is 4.24. The number of hydrazone groups is 1. The van der Waals surface area contributed by atoms with Crippen molar-refractivity contribution in [3.05, 3.63) is 69.8 Å². The second kappa shape index (κ2) is 9.93. The summed E-state index contributed by atoms with van der Waals surface area (Å²) in [5, 5.41) is 14.4. The average molecular weight is 355 g/mol. The molecule has 0 radical (unpaired) electrons. The minimum absolute atomic E-state index is 0.000276. The molecular formula is C19H21N3O4. The van der Waals surface area contributed by atoms with E-state index in [1.807, 2.05) is 24.3 Å². The summed E-state index contributed by atoms with van der Waals surface area (Å²) in [6.45, 7) is 2.01. The zero-order chi connectivity index (χ0) is 18.8. The van der Waals surface area contributed by atoms with Crippen LogP contribution in [0.3, 0.4) is 0 Å². The summed E-state index contributed by atoms with van der Waals surface area (Å²) in [5.74, 6) is 0.234. The van der Waals surface area contributed by atoms with Crippen molar-refractivity contribution in [1.29, 1.82) is 0 Å². The fourth-order valence-electron chi connectivity index (χ4n) is 2.18. The molecule has 0 spiro atoms. The molecule has 1 amide bonds. The van der Waals surface area contributed by atoms with Gasteiger partial charge in [-0.05, 0) is 48.2 Å². The van der Waals surface area contributed by atoms with Crippen molar-refractivity contribution in [1.82, 2.24) is 5.43 Å². The van der Waals surface area contributed by atoms with Crippen LogP contribution in [0.2, 0.25) is 0 Å². The van der Waals surface area contributed by atoms with Crippen LogP contribution in [0.25, 0.3) is 0 Å². The molecule has 0 bridgehead atoms. The van der Waals surface area contributed by atoms with E-state index in [-0.39, 0.29) is 12.3 Å². The Kier molecular flexibility index (Phi) is 7.30. The highest BCUT2D eigenvalue weighted by molar-refractivity contribution is 5.83. The average Bonchev–Trinajstić information content (AvgIpc) is 2.66. The topological polar surface area (TPSA) is 93.8 Å². The van der Waals surface area contributed by atoms with E-state index in [4.69, 9.17) is 4.74 Å². The van der Waals surface area contributed by atoms with Gasteiger partial charge in [-0.2, -0.15) is 5.10 Å². The maximum absolute atomic E-state index is 11.7. The molecular weight excluding hydrogens is 334 g/mol. The molecule has 0 unspecified atom stereocenters. The van der Waals surface area contributed by atoms with E-state index in [9.17, 15) is 14.9 Å². The van der Waals surface area contributed by atoms with E-state index >= 15 is 0 Å². The normalized spacial score (nSPS) is 10.7. The van der Waals surface area contributed by atoms with Gasteiger partial charge in [0.1, 0.15) is 5.75 Å². The number of nitrogens with one attached hydrogen (secondary N) is 1. The molecule has 26 heavy (non-hydrogen) atoms. The lowest BCUT2D eigenvalue weighted by molar-refractivity contribution is -0.384. The molecule has 0 saturated carbocycles. The highest BCUT2D eigenvalue weighted by Gasteiger charge is 2.04. The van der Waals surface area contributed by atoms with Gasteiger partial charge < -0.3 is 4.74 Å². The summed E-state index contributed by atoms with van der Waals surface area (Å²) < 4.78 is 5.41. The Bertz CT molecular complexity index is 755. The summed E-state index contributed by atoms with van der Waals surface area (Å²) in [6.07, 6.45) is 4.74. The molecule has 2 aromatic carbocycles. The summed E-state index contributed by atoms with van der Waals surface area (Å²) in [4.78, 5) is 21.8. The van der Waals surface area contributed by atoms with E-state index in [0.717, 1.165) is 19.3 Å². The molecule has 0 fully saturated rings. The predicted molar refractivity (Wildman–Crippen MR) is 99.4 cm³/mol. The third-order valence-electron chi connectivity index (χ3n) is 3.62. The van der Waals surface area contributed by atoms with Crippen LogP contribution in [0.15, 0.2) is 53.6 Å². The van der Waals surface area contributed by atoms with Gasteiger partial charge in [0.2, 0.25) is 0 Å². The van der Waals surface area contributed by atoms with Gasteiger partial charge in [0.15, 0.2) is 6.61 Å². The van der Waals surface area contributed by atoms with Crippen molar-refractivity contribution in [2.45, 2.75) is 26.2 Å². The van der Waals surface area contributed by atoms with Crippen LogP contribution in [0.4, 0.5) is 5.69 Å². The fraction of sp³-hybridized carbons (Fsp3) is 0.263. The molecule has 0 aliphatic rings. The number of unbranched alkanes of at least 4 members (excludes halogenated alkanes) is 1. The van der Waals surface area contributed by atoms with Crippen molar-refractivity contribution in [3.8, 4) is 5.75 Å². The molecule has 1 N–H and O–H groups in total. The number of hydrogen-bond donors (Lipinski definition) is 1. The first-order chi connectivity index (χ1) is 12.6. The zero-order valence-electron chi connectivity index (χ0n) is 14.6. The van der Waals surface area contributed by atoms with E-state index in [2.05, 4.69) is 17.5 Å². The standard InChI is InChI=1S/C19H21N3O4/c1-2-3-4-15-7-11-18(12-8-15)26-14-19(23)21-20-13-16-5-9-17(10-6-16)22(24)25/h5-13H,2-4,14H2,1H3,(H,21,23)/b20-13+. The lowest BCUT2D eigenvalue weighted by Crippen LogP contribution is -2.24. The highest BCUT2D eigenvalue weighted by atomic mass is 16.6. The SMILES string of the molecule is CCCCc1ccc(OCC(=O)N/N=C/c2ccc([N+](=O)[O-])cc2)cc1. The first-order valence-corrected chi connectivity index (χ1v) is 8.36. The predicted octanol–water partition coefficient (Wildman–Crippen LogP) is 3.47. The van der Waals surface area contributed by atoms with Crippen LogP contribution in [0, 0.1) is 10.1 Å². The number of benzene rings is 2. The van der Waals surface area contributed by atoms with Gasteiger partial charge in [0.05, 0.1) is 11.1 Å². The van der Waals surface area contributed by atoms with Gasteiger partial charge in [0.25, 0.3) is 11.6 Å². The molecule has 0 aromatic heterocycles. The molecule has 2 rings (SSSR count). The Morgan fingerprint density at radius 1 is 1.19 bits per heavy atom. The van der Waals surface area contributed by atoms with E-state index in [1.54, 1.807) is 12.1 Å². The second-order valence-corrected chi connectivity index (χ2v) is 5.68. The number of nitro benzene ring substituents is 1. The molecule has 0 atom stereocenters. The van der Waals surface area contributed by atoms with Crippen LogP contribution in [0.5, 0.6) is 5.75 Å². The third kappa shape index (κ3) is 6.35. The summed E-state index contributed by atoms with van der Waals surface area (Å²) in [7, 11) is 0. The fourth-order valence-corrected chi connectivity index (χ4v) is 2.18. The molecule has 0 saturated heterocycles. The molecule has 0 aliphatic heterocycles. The van der Waals surface area contributed by atoms with E-state index in [0.29, 0.717) is 11.3 Å². The largest absolute Gasteiger partial charge is 0.484 e. The van der Waals surface area contributed by atoms with Gasteiger partial charge in [-0.15, -0.1) is 0 Å². The monoisotopic (exact) mass is 355 g/mol. The molecule has 2 aromatic rings. The van der Waals surface area contributed by atoms with Crippen molar-refractivity contribution in [3.63, 3.8) is 0 Å². The van der Waals surface area contributed by atoms with Gasteiger partial charge in [-0.1, -0.05) is 25.5 Å². The number of non-ortho nitro benzene ring substituents is 1. The van der Waals surface area contributed by atoms with E-state index in [1.165, 1.54) is 23.9 Å². The molecule has 136 valence electrons. The van der Waals surface area contributed by atoms with Gasteiger partial charge in [0, 0.05) is 12.1 Å². The minimum atomic E-state index is -0.476. The number of aryl methyl sites for hydroxylation is 1. The van der Waals surface area contributed by atoms with Gasteiger partial charge in [-0.25, -0.2) is 5.43 Å².